The summed E-state index contributed by atoms with van der Waals surface area (Å²) < 4.78 is 44.9. The van der Waals surface area contributed by atoms with Crippen LogP contribution < -0.4 is 15.0 Å². The first-order valence-corrected chi connectivity index (χ1v) is 8.50. The first kappa shape index (κ1) is 18.9. The number of piperazine rings is 1. The molecule has 0 aliphatic carbocycles. The monoisotopic (exact) mass is 378 g/mol. The van der Waals surface area contributed by atoms with Gasteiger partial charge in [0.1, 0.15) is 11.6 Å². The van der Waals surface area contributed by atoms with E-state index in [1.807, 2.05) is 4.90 Å². The van der Waals surface area contributed by atoms with Crippen molar-refractivity contribution in [2.75, 3.05) is 43.5 Å². The molecule has 0 unspecified atom stereocenters. The Morgan fingerprint density at radius 3 is 2.52 bits per heavy atom. The molecule has 8 heteroatoms. The van der Waals surface area contributed by atoms with Gasteiger partial charge in [-0.15, -0.1) is 0 Å². The molecule has 1 aromatic heterocycles. The van der Waals surface area contributed by atoms with Crippen molar-refractivity contribution >= 4 is 11.5 Å². The Morgan fingerprint density at radius 1 is 1.15 bits per heavy atom. The Labute approximate surface area is 156 Å². The summed E-state index contributed by atoms with van der Waals surface area (Å²) in [6.45, 7) is 6.08. The normalized spacial score (nSPS) is 14.8. The summed E-state index contributed by atoms with van der Waals surface area (Å²) in [4.78, 5) is 7.96. The number of halogens is 3. The largest absolute Gasteiger partial charge is 0.497 e. The van der Waals surface area contributed by atoms with Gasteiger partial charge in [0.25, 0.3) is 0 Å². The smallest absolute Gasteiger partial charge is 0.418 e. The van der Waals surface area contributed by atoms with Crippen LogP contribution in [0.4, 0.5) is 24.7 Å². The van der Waals surface area contributed by atoms with Crippen LogP contribution >= 0.6 is 0 Å². The van der Waals surface area contributed by atoms with Crippen molar-refractivity contribution in [2.45, 2.75) is 6.18 Å². The summed E-state index contributed by atoms with van der Waals surface area (Å²) in [6.07, 6.45) is -2.74. The summed E-state index contributed by atoms with van der Waals surface area (Å²) in [7, 11) is 1.58. The molecule has 0 radical (unpaired) electrons. The van der Waals surface area contributed by atoms with Gasteiger partial charge in [0.2, 0.25) is 0 Å². The molecule has 2 heterocycles. The predicted octanol–water partition coefficient (Wildman–Crippen LogP) is 3.81. The van der Waals surface area contributed by atoms with Crippen molar-refractivity contribution in [2.24, 2.45) is 0 Å². The number of anilines is 2. The van der Waals surface area contributed by atoms with E-state index in [0.29, 0.717) is 43.6 Å². The summed E-state index contributed by atoms with van der Waals surface area (Å²) >= 11 is 0. The quantitative estimate of drug-likeness (QED) is 0.857. The number of aromatic nitrogens is 1. The Morgan fingerprint density at radius 2 is 1.85 bits per heavy atom. The summed E-state index contributed by atoms with van der Waals surface area (Å²) in [5.41, 5.74) is -0.381. The number of nitrogens with zero attached hydrogens (tertiary/aromatic N) is 3. The van der Waals surface area contributed by atoms with E-state index in [1.165, 1.54) is 12.1 Å². The third-order valence-electron chi connectivity index (χ3n) is 4.45. The average molecular weight is 378 g/mol. The molecule has 1 fully saturated rings. The molecule has 0 atom stereocenters. The van der Waals surface area contributed by atoms with Crippen LogP contribution in [-0.4, -0.2) is 43.2 Å². The standard InChI is InChI=1S/C19H21F3N4O/c1-14(24-18-13-15(27-2)7-8-23-18)25-9-11-26(12-10-25)17-6-4-3-5-16(17)19(20,21)22/h3-8,13H,1,9-12H2,2H3,(H,23,24). The number of benzene rings is 1. The van der Waals surface area contributed by atoms with Crippen LogP contribution in [0.15, 0.2) is 55.0 Å². The Hall–Kier alpha value is -2.90. The van der Waals surface area contributed by atoms with Crippen LogP contribution in [0.25, 0.3) is 0 Å². The van der Waals surface area contributed by atoms with E-state index in [9.17, 15) is 13.2 Å². The molecule has 0 saturated carbocycles. The summed E-state index contributed by atoms with van der Waals surface area (Å²) in [5.74, 6) is 1.93. The van der Waals surface area contributed by atoms with E-state index < -0.39 is 11.7 Å². The van der Waals surface area contributed by atoms with Gasteiger partial charge in [-0.1, -0.05) is 18.7 Å². The molecule has 27 heavy (non-hydrogen) atoms. The van der Waals surface area contributed by atoms with Crippen molar-refractivity contribution < 1.29 is 17.9 Å². The Bertz CT molecular complexity index is 802. The van der Waals surface area contributed by atoms with Crippen molar-refractivity contribution in [1.82, 2.24) is 9.88 Å². The van der Waals surface area contributed by atoms with Crippen LogP contribution in [0.2, 0.25) is 0 Å². The topological polar surface area (TPSA) is 40.6 Å². The first-order chi connectivity index (χ1) is 12.9. The number of pyridine rings is 1. The van der Waals surface area contributed by atoms with Gasteiger partial charge in [-0.2, -0.15) is 13.2 Å². The zero-order chi connectivity index (χ0) is 19.4. The Kier molecular flexibility index (Phi) is 5.43. The number of methoxy groups -OCH3 is 1. The maximum Gasteiger partial charge on any atom is 0.418 e. The van der Waals surface area contributed by atoms with E-state index in [-0.39, 0.29) is 5.69 Å². The second-order valence-electron chi connectivity index (χ2n) is 6.14. The average Bonchev–Trinajstić information content (AvgIpc) is 2.67. The van der Waals surface area contributed by atoms with Crippen LogP contribution in [-0.2, 0) is 6.18 Å². The zero-order valence-corrected chi connectivity index (χ0v) is 15.0. The number of ether oxygens (including phenoxy) is 1. The fourth-order valence-corrected chi connectivity index (χ4v) is 3.04. The number of hydrogen-bond donors (Lipinski definition) is 1. The van der Waals surface area contributed by atoms with Gasteiger partial charge in [-0.05, 0) is 18.2 Å². The van der Waals surface area contributed by atoms with E-state index in [2.05, 4.69) is 16.9 Å². The lowest BCUT2D eigenvalue weighted by molar-refractivity contribution is -0.137. The molecule has 2 aromatic rings. The number of nitrogens with one attached hydrogen (secondary N) is 1. The van der Waals surface area contributed by atoms with E-state index in [4.69, 9.17) is 4.74 Å². The Balaban J connectivity index is 1.63. The number of alkyl halides is 3. The summed E-state index contributed by atoms with van der Waals surface area (Å²) in [6, 6.07) is 9.18. The third kappa shape index (κ3) is 4.45. The minimum absolute atomic E-state index is 0.220. The molecule has 1 aliphatic heterocycles. The molecular formula is C19H21F3N4O. The van der Waals surface area contributed by atoms with Gasteiger partial charge in [-0.3, -0.25) is 0 Å². The summed E-state index contributed by atoms with van der Waals surface area (Å²) in [5, 5.41) is 3.12. The van der Waals surface area contributed by atoms with Crippen LogP contribution in [0, 0.1) is 0 Å². The maximum atomic E-state index is 13.2. The molecule has 3 rings (SSSR count). The minimum Gasteiger partial charge on any atom is -0.497 e. The lowest BCUT2D eigenvalue weighted by Crippen LogP contribution is -2.47. The van der Waals surface area contributed by atoms with Crippen molar-refractivity contribution in [3.8, 4) is 5.75 Å². The minimum atomic E-state index is -4.36. The van der Waals surface area contributed by atoms with Crippen LogP contribution in [0.3, 0.4) is 0 Å². The molecular weight excluding hydrogens is 357 g/mol. The van der Waals surface area contributed by atoms with Gasteiger partial charge in [-0.25, -0.2) is 4.98 Å². The van der Waals surface area contributed by atoms with Gasteiger partial charge in [0, 0.05) is 44.1 Å². The fourth-order valence-electron chi connectivity index (χ4n) is 3.04. The molecule has 5 nitrogen and oxygen atoms in total. The van der Waals surface area contributed by atoms with E-state index in [0.717, 1.165) is 6.07 Å². The van der Waals surface area contributed by atoms with Gasteiger partial charge in [0.05, 0.1) is 18.5 Å². The zero-order valence-electron chi connectivity index (χ0n) is 15.0. The van der Waals surface area contributed by atoms with Crippen LogP contribution in [0.5, 0.6) is 5.75 Å². The maximum absolute atomic E-state index is 13.2. The third-order valence-corrected chi connectivity index (χ3v) is 4.45. The second kappa shape index (κ2) is 7.77. The molecule has 0 spiro atoms. The van der Waals surface area contributed by atoms with E-state index in [1.54, 1.807) is 36.4 Å². The van der Waals surface area contributed by atoms with Crippen molar-refractivity contribution in [3.63, 3.8) is 0 Å². The van der Waals surface area contributed by atoms with Gasteiger partial charge >= 0.3 is 6.18 Å². The van der Waals surface area contributed by atoms with Gasteiger partial charge in [0.15, 0.2) is 0 Å². The predicted molar refractivity (Wildman–Crippen MR) is 98.8 cm³/mol. The second-order valence-corrected chi connectivity index (χ2v) is 6.14. The highest BCUT2D eigenvalue weighted by molar-refractivity contribution is 5.55. The van der Waals surface area contributed by atoms with Crippen LogP contribution in [0.1, 0.15) is 5.56 Å². The lowest BCUT2D eigenvalue weighted by Gasteiger charge is -2.39. The number of hydrogen-bond acceptors (Lipinski definition) is 5. The highest BCUT2D eigenvalue weighted by atomic mass is 19.4. The molecule has 144 valence electrons. The molecule has 0 bridgehead atoms. The lowest BCUT2D eigenvalue weighted by atomic mass is 10.1. The van der Waals surface area contributed by atoms with Gasteiger partial charge < -0.3 is 19.9 Å². The van der Waals surface area contributed by atoms with E-state index >= 15 is 0 Å². The molecule has 1 aliphatic rings. The fraction of sp³-hybridized carbons (Fsp3) is 0.316. The molecule has 1 N–H and O–H groups in total. The number of rotatable bonds is 5. The first-order valence-electron chi connectivity index (χ1n) is 8.50. The van der Waals surface area contributed by atoms with Crippen molar-refractivity contribution in [3.05, 3.63) is 60.6 Å². The highest BCUT2D eigenvalue weighted by Gasteiger charge is 2.35. The molecule has 1 saturated heterocycles. The molecule has 1 aromatic carbocycles. The molecule has 0 amide bonds. The highest BCUT2D eigenvalue weighted by Crippen LogP contribution is 2.36. The SMILES string of the molecule is C=C(Nc1cc(OC)ccn1)N1CCN(c2ccccc2C(F)(F)F)CC1. The number of para-hydroxylation sites is 1. The van der Waals surface area contributed by atoms with Crippen molar-refractivity contribution in [1.29, 1.82) is 0 Å².